The summed E-state index contributed by atoms with van der Waals surface area (Å²) in [5.74, 6) is 0.247. The van der Waals surface area contributed by atoms with E-state index in [0.717, 1.165) is 24.1 Å². The van der Waals surface area contributed by atoms with Crippen LogP contribution in [0.2, 0.25) is 0 Å². The van der Waals surface area contributed by atoms with Crippen LogP contribution in [-0.2, 0) is 22.6 Å². The minimum Gasteiger partial charge on any atom is -0.493 e. The Hall–Kier alpha value is -4.20. The fourth-order valence-electron chi connectivity index (χ4n) is 4.37. The zero-order valence-electron chi connectivity index (χ0n) is 21.4. The van der Waals surface area contributed by atoms with Gasteiger partial charge in [0.1, 0.15) is 11.9 Å². The number of nitrogens with one attached hydrogen (secondary N) is 1. The Kier molecular flexibility index (Phi) is 9.45. The number of carbonyl (C=O) groups excluding carboxylic acids is 2. The van der Waals surface area contributed by atoms with Gasteiger partial charge >= 0.3 is 0 Å². The van der Waals surface area contributed by atoms with Crippen molar-refractivity contribution in [1.29, 1.82) is 0 Å². The molecule has 198 valence electrons. The molecule has 1 aliphatic rings. The Labute approximate surface area is 222 Å². The van der Waals surface area contributed by atoms with Gasteiger partial charge in [-0.1, -0.05) is 24.3 Å². The average molecular weight is 518 g/mol. The second-order valence-electron chi connectivity index (χ2n) is 9.06. The molecule has 8 heteroatoms. The van der Waals surface area contributed by atoms with Crippen molar-refractivity contribution in [3.05, 3.63) is 95.6 Å². The summed E-state index contributed by atoms with van der Waals surface area (Å²) >= 11 is 0. The number of hydrogen-bond acceptors (Lipinski definition) is 5. The van der Waals surface area contributed by atoms with E-state index in [1.54, 1.807) is 36.4 Å². The highest BCUT2D eigenvalue weighted by Gasteiger charge is 2.30. The molecule has 3 aromatic rings. The topological polar surface area (TPSA) is 80.8 Å². The molecular formula is C30H32FN3O4. The number of pyridine rings is 1. The van der Waals surface area contributed by atoms with Crippen molar-refractivity contribution in [1.82, 2.24) is 15.2 Å². The number of methoxy groups -OCH3 is 1. The van der Waals surface area contributed by atoms with Gasteiger partial charge in [-0.05, 0) is 72.9 Å². The van der Waals surface area contributed by atoms with E-state index in [-0.39, 0.29) is 24.2 Å². The van der Waals surface area contributed by atoms with Crippen LogP contribution >= 0.6 is 0 Å². The molecule has 1 saturated heterocycles. The average Bonchev–Trinajstić information content (AvgIpc) is 3.15. The first-order chi connectivity index (χ1) is 18.5. The summed E-state index contributed by atoms with van der Waals surface area (Å²) in [6.07, 6.45) is 7.61. The van der Waals surface area contributed by atoms with Gasteiger partial charge in [-0.3, -0.25) is 14.6 Å². The van der Waals surface area contributed by atoms with Crippen LogP contribution < -0.4 is 14.8 Å². The van der Waals surface area contributed by atoms with Crippen molar-refractivity contribution in [2.75, 3.05) is 20.3 Å². The van der Waals surface area contributed by atoms with Crippen molar-refractivity contribution < 1.29 is 23.5 Å². The van der Waals surface area contributed by atoms with E-state index in [1.165, 1.54) is 18.2 Å². The highest BCUT2D eigenvalue weighted by Crippen LogP contribution is 2.29. The lowest BCUT2D eigenvalue weighted by Crippen LogP contribution is -2.47. The van der Waals surface area contributed by atoms with E-state index in [4.69, 9.17) is 9.47 Å². The molecule has 38 heavy (non-hydrogen) atoms. The molecule has 0 bridgehead atoms. The van der Waals surface area contributed by atoms with Crippen LogP contribution in [0.25, 0.3) is 6.08 Å². The van der Waals surface area contributed by atoms with Gasteiger partial charge in [-0.2, -0.15) is 0 Å². The second-order valence-corrected chi connectivity index (χ2v) is 9.06. The smallest absolute Gasteiger partial charge is 0.247 e. The fourth-order valence-corrected chi connectivity index (χ4v) is 4.37. The number of aromatic nitrogens is 1. The normalized spacial score (nSPS) is 15.5. The minimum atomic E-state index is -0.609. The number of benzene rings is 2. The van der Waals surface area contributed by atoms with Crippen molar-refractivity contribution in [3.63, 3.8) is 0 Å². The molecular weight excluding hydrogens is 485 g/mol. The molecule has 2 amide bonds. The van der Waals surface area contributed by atoms with Gasteiger partial charge in [0, 0.05) is 37.5 Å². The van der Waals surface area contributed by atoms with Gasteiger partial charge in [-0.15, -0.1) is 0 Å². The molecule has 2 heterocycles. The maximum Gasteiger partial charge on any atom is 0.247 e. The lowest BCUT2D eigenvalue weighted by atomic mass is 10.1. The minimum absolute atomic E-state index is 0.170. The molecule has 1 aliphatic heterocycles. The van der Waals surface area contributed by atoms with Crippen LogP contribution in [-0.4, -0.2) is 48.0 Å². The molecule has 1 atom stereocenters. The van der Waals surface area contributed by atoms with Gasteiger partial charge < -0.3 is 19.7 Å². The molecule has 1 aromatic heterocycles. The van der Waals surface area contributed by atoms with Crippen molar-refractivity contribution in [2.24, 2.45) is 0 Å². The lowest BCUT2D eigenvalue weighted by molar-refractivity contribution is -0.137. The van der Waals surface area contributed by atoms with Gasteiger partial charge in [0.25, 0.3) is 0 Å². The SMILES string of the molecule is COc1cc(CN(C(=O)C=Cc2cccc(F)c2)[C@H]2CCCCNC2=O)ccc1OCCc1ccccn1. The van der Waals surface area contributed by atoms with Gasteiger partial charge in [0.05, 0.1) is 13.7 Å². The van der Waals surface area contributed by atoms with E-state index in [2.05, 4.69) is 10.3 Å². The molecule has 2 aromatic carbocycles. The predicted molar refractivity (Wildman–Crippen MR) is 143 cm³/mol. The highest BCUT2D eigenvalue weighted by molar-refractivity contribution is 5.95. The molecule has 0 spiro atoms. The van der Waals surface area contributed by atoms with Crippen LogP contribution in [0, 0.1) is 5.82 Å². The number of nitrogens with zero attached hydrogens (tertiary/aromatic N) is 2. The largest absolute Gasteiger partial charge is 0.493 e. The summed E-state index contributed by atoms with van der Waals surface area (Å²) < 4.78 is 25.1. The van der Waals surface area contributed by atoms with Gasteiger partial charge in [-0.25, -0.2) is 4.39 Å². The van der Waals surface area contributed by atoms with E-state index >= 15 is 0 Å². The maximum atomic E-state index is 13.6. The van der Waals surface area contributed by atoms with E-state index in [9.17, 15) is 14.0 Å². The predicted octanol–water partition coefficient (Wildman–Crippen LogP) is 4.56. The Morgan fingerprint density at radius 3 is 2.82 bits per heavy atom. The zero-order chi connectivity index (χ0) is 26.7. The third-order valence-electron chi connectivity index (χ3n) is 6.36. The summed E-state index contributed by atoms with van der Waals surface area (Å²) in [7, 11) is 1.56. The van der Waals surface area contributed by atoms with Crippen LogP contribution in [0.15, 0.2) is 72.9 Å². The monoisotopic (exact) mass is 517 g/mol. The molecule has 0 saturated carbocycles. The molecule has 1 N–H and O–H groups in total. The maximum absolute atomic E-state index is 13.6. The third kappa shape index (κ3) is 7.41. The van der Waals surface area contributed by atoms with E-state index in [1.807, 2.05) is 36.4 Å². The number of carbonyl (C=O) groups is 2. The Bertz CT molecular complexity index is 1270. The standard InChI is InChI=1S/C30H32FN3O4/c1-37-28-20-23(11-13-27(28)38-18-15-25-9-2-4-16-32-25)21-34(26-10-3-5-17-33-30(26)36)29(35)14-12-22-7-6-8-24(31)19-22/h2,4,6-9,11-14,16,19-20,26H,3,5,10,15,17-18,21H2,1H3,(H,33,36)/t26-/m0/s1. The molecule has 1 fully saturated rings. The van der Waals surface area contributed by atoms with Crippen LogP contribution in [0.4, 0.5) is 4.39 Å². The van der Waals surface area contributed by atoms with Crippen molar-refractivity contribution in [3.8, 4) is 11.5 Å². The molecule has 0 unspecified atom stereocenters. The summed E-state index contributed by atoms with van der Waals surface area (Å²) in [4.78, 5) is 32.1. The first-order valence-corrected chi connectivity index (χ1v) is 12.7. The van der Waals surface area contributed by atoms with Crippen LogP contribution in [0.5, 0.6) is 11.5 Å². The molecule has 0 aliphatic carbocycles. The van der Waals surface area contributed by atoms with E-state index in [0.29, 0.717) is 43.1 Å². The van der Waals surface area contributed by atoms with Gasteiger partial charge in [0.15, 0.2) is 11.5 Å². The molecule has 7 nitrogen and oxygen atoms in total. The summed E-state index contributed by atoms with van der Waals surface area (Å²) in [6, 6.07) is 16.6. The number of halogens is 1. The molecule has 0 radical (unpaired) electrons. The van der Waals surface area contributed by atoms with Crippen LogP contribution in [0.1, 0.15) is 36.1 Å². The highest BCUT2D eigenvalue weighted by atomic mass is 19.1. The van der Waals surface area contributed by atoms with Crippen LogP contribution in [0.3, 0.4) is 0 Å². The second kappa shape index (κ2) is 13.4. The Morgan fingerprint density at radius 2 is 2.03 bits per heavy atom. The Balaban J connectivity index is 1.51. The third-order valence-corrected chi connectivity index (χ3v) is 6.36. The van der Waals surface area contributed by atoms with Crippen molar-refractivity contribution in [2.45, 2.75) is 38.3 Å². The summed E-state index contributed by atoms with van der Waals surface area (Å²) in [6.45, 7) is 1.23. The Morgan fingerprint density at radius 1 is 1.13 bits per heavy atom. The number of hydrogen-bond donors (Lipinski definition) is 1. The summed E-state index contributed by atoms with van der Waals surface area (Å²) in [5, 5.41) is 2.91. The number of rotatable bonds is 10. The van der Waals surface area contributed by atoms with E-state index < -0.39 is 6.04 Å². The zero-order valence-corrected chi connectivity index (χ0v) is 21.4. The number of amides is 2. The van der Waals surface area contributed by atoms with Gasteiger partial charge in [0.2, 0.25) is 11.8 Å². The first-order valence-electron chi connectivity index (χ1n) is 12.7. The fraction of sp³-hybridized carbons (Fsp3) is 0.300. The summed E-state index contributed by atoms with van der Waals surface area (Å²) in [5.41, 5.74) is 2.30. The lowest BCUT2D eigenvalue weighted by Gasteiger charge is -2.29. The quantitative estimate of drug-likeness (QED) is 0.399. The first kappa shape index (κ1) is 26.9. The van der Waals surface area contributed by atoms with Crippen molar-refractivity contribution >= 4 is 17.9 Å². The molecule has 4 rings (SSSR count). The number of ether oxygens (including phenoxy) is 2.